The summed E-state index contributed by atoms with van der Waals surface area (Å²) in [5, 5.41) is 0.654. The first-order valence-corrected chi connectivity index (χ1v) is 6.52. The number of esters is 1. The first kappa shape index (κ1) is 14.1. The van der Waals surface area contributed by atoms with Crippen LogP contribution >= 0.6 is 0 Å². The lowest BCUT2D eigenvalue weighted by Gasteiger charge is -2.09. The summed E-state index contributed by atoms with van der Waals surface area (Å²) in [6.07, 6.45) is 1.55. The average molecular weight is 275 g/mol. The Balaban J connectivity index is 2.39. The van der Waals surface area contributed by atoms with Crippen LogP contribution in [-0.4, -0.2) is 29.4 Å². The fourth-order valence-corrected chi connectivity index (χ4v) is 1.94. The van der Waals surface area contributed by atoms with E-state index in [1.165, 1.54) is 6.20 Å². The topological polar surface area (TPSA) is 68.4 Å². The van der Waals surface area contributed by atoms with Crippen molar-refractivity contribution >= 4 is 22.7 Å². The van der Waals surface area contributed by atoms with E-state index >= 15 is 0 Å². The summed E-state index contributed by atoms with van der Waals surface area (Å²) in [5.41, 5.74) is 1.07. The van der Waals surface area contributed by atoms with Gasteiger partial charge in [-0.1, -0.05) is 0 Å². The van der Waals surface area contributed by atoms with Crippen LogP contribution in [0.3, 0.4) is 0 Å². The predicted molar refractivity (Wildman–Crippen MR) is 75.0 cm³/mol. The third-order valence-electron chi connectivity index (χ3n) is 2.73. The molecule has 0 spiro atoms. The number of benzene rings is 1. The Morgan fingerprint density at radius 2 is 2.05 bits per heavy atom. The number of hydrogen-bond acceptors (Lipinski definition) is 4. The number of hydrogen-bond donors (Lipinski definition) is 1. The highest BCUT2D eigenvalue weighted by molar-refractivity contribution is 6.43. The molecule has 1 N–H and O–H groups in total. The number of fused-ring (bicyclic) bond motifs is 1. The molecule has 0 atom stereocenters. The number of ketones is 1. The molecule has 5 heteroatoms. The highest BCUT2D eigenvalue weighted by Gasteiger charge is 2.21. The second-order valence-corrected chi connectivity index (χ2v) is 4.63. The lowest BCUT2D eigenvalue weighted by molar-refractivity contribution is -0.137. The van der Waals surface area contributed by atoms with Crippen LogP contribution in [0.1, 0.15) is 31.1 Å². The van der Waals surface area contributed by atoms with Gasteiger partial charge in [-0.25, -0.2) is 4.79 Å². The standard InChI is InChI=1S/C15H17NO4/c1-4-19-15(18)14(17)12-8-16-13-6-5-10(7-11(12)13)20-9(2)3/h5-9,16H,4H2,1-3H3. The molecule has 0 saturated heterocycles. The van der Waals surface area contributed by atoms with Crippen molar-refractivity contribution in [2.75, 3.05) is 6.61 Å². The molecular weight excluding hydrogens is 258 g/mol. The fourth-order valence-electron chi connectivity index (χ4n) is 1.94. The Labute approximate surface area is 116 Å². The number of ether oxygens (including phenoxy) is 2. The molecule has 106 valence electrons. The average Bonchev–Trinajstić information content (AvgIpc) is 2.80. The van der Waals surface area contributed by atoms with Crippen LogP contribution in [0.2, 0.25) is 0 Å². The van der Waals surface area contributed by atoms with Crippen molar-refractivity contribution in [3.8, 4) is 5.75 Å². The van der Waals surface area contributed by atoms with Crippen LogP contribution in [-0.2, 0) is 9.53 Å². The molecule has 0 aliphatic rings. The Bertz CT molecular complexity index is 642. The number of carbonyl (C=O) groups excluding carboxylic acids is 2. The van der Waals surface area contributed by atoms with Gasteiger partial charge in [0.1, 0.15) is 5.75 Å². The van der Waals surface area contributed by atoms with Crippen molar-refractivity contribution in [2.24, 2.45) is 0 Å². The zero-order valence-electron chi connectivity index (χ0n) is 11.7. The van der Waals surface area contributed by atoms with Gasteiger partial charge < -0.3 is 14.5 Å². The summed E-state index contributed by atoms with van der Waals surface area (Å²) in [6, 6.07) is 5.38. The second-order valence-electron chi connectivity index (χ2n) is 4.63. The van der Waals surface area contributed by atoms with E-state index in [1.807, 2.05) is 26.0 Å². The molecule has 5 nitrogen and oxygen atoms in total. The van der Waals surface area contributed by atoms with Crippen molar-refractivity contribution in [3.05, 3.63) is 30.0 Å². The lowest BCUT2D eigenvalue weighted by atomic mass is 10.1. The molecule has 1 aromatic heterocycles. The quantitative estimate of drug-likeness (QED) is 0.517. The van der Waals surface area contributed by atoms with Gasteiger partial charge in [0.05, 0.1) is 18.3 Å². The molecule has 2 aromatic rings. The van der Waals surface area contributed by atoms with Gasteiger partial charge in [-0.3, -0.25) is 4.79 Å². The zero-order chi connectivity index (χ0) is 14.7. The molecule has 0 radical (unpaired) electrons. The van der Waals surface area contributed by atoms with E-state index in [1.54, 1.807) is 13.0 Å². The fraction of sp³-hybridized carbons (Fsp3) is 0.333. The van der Waals surface area contributed by atoms with Crippen LogP contribution in [0.5, 0.6) is 5.75 Å². The summed E-state index contributed by atoms with van der Waals surface area (Å²) in [7, 11) is 0. The van der Waals surface area contributed by atoms with E-state index in [2.05, 4.69) is 4.98 Å². The van der Waals surface area contributed by atoms with E-state index in [0.29, 0.717) is 16.7 Å². The van der Waals surface area contributed by atoms with Crippen molar-refractivity contribution in [3.63, 3.8) is 0 Å². The van der Waals surface area contributed by atoms with Gasteiger partial charge in [0.25, 0.3) is 5.78 Å². The number of rotatable bonds is 5. The molecule has 0 amide bonds. The largest absolute Gasteiger partial charge is 0.491 e. The molecule has 0 unspecified atom stereocenters. The van der Waals surface area contributed by atoms with Gasteiger partial charge in [0.15, 0.2) is 0 Å². The third kappa shape index (κ3) is 2.82. The number of Topliss-reactive ketones (excluding diaryl/α,β-unsaturated/α-hetero) is 1. The van der Waals surface area contributed by atoms with Gasteiger partial charge in [-0.15, -0.1) is 0 Å². The number of carbonyl (C=O) groups is 2. The molecule has 1 heterocycles. The summed E-state index contributed by atoms with van der Waals surface area (Å²) in [5.74, 6) is -0.839. The van der Waals surface area contributed by atoms with Crippen molar-refractivity contribution in [2.45, 2.75) is 26.9 Å². The van der Waals surface area contributed by atoms with Gasteiger partial charge in [-0.05, 0) is 39.0 Å². The Hall–Kier alpha value is -2.30. The molecule has 0 aliphatic carbocycles. The monoisotopic (exact) mass is 275 g/mol. The smallest absolute Gasteiger partial charge is 0.379 e. The Morgan fingerprint density at radius 3 is 2.70 bits per heavy atom. The molecule has 20 heavy (non-hydrogen) atoms. The van der Waals surface area contributed by atoms with Crippen LogP contribution in [0.15, 0.2) is 24.4 Å². The summed E-state index contributed by atoms with van der Waals surface area (Å²) in [4.78, 5) is 26.5. The third-order valence-corrected chi connectivity index (χ3v) is 2.73. The maximum absolute atomic E-state index is 12.0. The van der Waals surface area contributed by atoms with E-state index in [-0.39, 0.29) is 12.7 Å². The first-order chi connectivity index (χ1) is 9.52. The summed E-state index contributed by atoms with van der Waals surface area (Å²) < 4.78 is 10.3. The van der Waals surface area contributed by atoms with Crippen molar-refractivity contribution in [1.29, 1.82) is 0 Å². The maximum atomic E-state index is 12.0. The van der Waals surface area contributed by atoms with Crippen LogP contribution in [0.4, 0.5) is 0 Å². The minimum atomic E-state index is -0.844. The molecule has 0 aliphatic heterocycles. The van der Waals surface area contributed by atoms with Crippen molar-refractivity contribution < 1.29 is 19.1 Å². The molecule has 0 saturated carbocycles. The summed E-state index contributed by atoms with van der Waals surface area (Å²) in [6.45, 7) is 5.68. The number of aromatic nitrogens is 1. The first-order valence-electron chi connectivity index (χ1n) is 6.52. The van der Waals surface area contributed by atoms with Crippen LogP contribution in [0, 0.1) is 0 Å². The van der Waals surface area contributed by atoms with E-state index < -0.39 is 11.8 Å². The predicted octanol–water partition coefficient (Wildman–Crippen LogP) is 2.70. The van der Waals surface area contributed by atoms with Crippen molar-refractivity contribution in [1.82, 2.24) is 4.98 Å². The minimum absolute atomic E-state index is 0.0376. The minimum Gasteiger partial charge on any atom is -0.491 e. The zero-order valence-corrected chi connectivity index (χ0v) is 11.7. The highest BCUT2D eigenvalue weighted by Crippen LogP contribution is 2.25. The van der Waals surface area contributed by atoms with Gasteiger partial charge in [0, 0.05) is 17.1 Å². The molecule has 0 bridgehead atoms. The number of aromatic amines is 1. The SMILES string of the molecule is CCOC(=O)C(=O)c1c[nH]c2ccc(OC(C)C)cc12. The van der Waals surface area contributed by atoms with Gasteiger partial charge in [0.2, 0.25) is 0 Å². The molecular formula is C15H17NO4. The highest BCUT2D eigenvalue weighted by atomic mass is 16.5. The molecule has 1 aromatic carbocycles. The van der Waals surface area contributed by atoms with Crippen LogP contribution in [0.25, 0.3) is 10.9 Å². The second kappa shape index (κ2) is 5.77. The number of H-pyrrole nitrogens is 1. The van der Waals surface area contributed by atoms with E-state index in [0.717, 1.165) is 5.52 Å². The maximum Gasteiger partial charge on any atom is 0.379 e. The number of nitrogens with one attached hydrogen (secondary N) is 1. The van der Waals surface area contributed by atoms with E-state index in [4.69, 9.17) is 9.47 Å². The van der Waals surface area contributed by atoms with E-state index in [9.17, 15) is 9.59 Å². The van der Waals surface area contributed by atoms with Gasteiger partial charge in [-0.2, -0.15) is 0 Å². The summed E-state index contributed by atoms with van der Waals surface area (Å²) >= 11 is 0. The normalized spacial score (nSPS) is 10.8. The van der Waals surface area contributed by atoms with Crippen LogP contribution < -0.4 is 4.74 Å². The van der Waals surface area contributed by atoms with Gasteiger partial charge >= 0.3 is 5.97 Å². The Kier molecular flexibility index (Phi) is 4.08. The molecule has 0 fully saturated rings. The Morgan fingerprint density at radius 1 is 1.30 bits per heavy atom. The molecule has 2 rings (SSSR count). The lowest BCUT2D eigenvalue weighted by Crippen LogP contribution is -2.17.